The summed E-state index contributed by atoms with van der Waals surface area (Å²) in [4.78, 5) is 42.6. The molecular formula is C21H30N4O5. The van der Waals surface area contributed by atoms with Crippen LogP contribution in [0, 0.1) is 0 Å². The lowest BCUT2D eigenvalue weighted by Crippen LogP contribution is -2.57. The van der Waals surface area contributed by atoms with Crippen LogP contribution in [0.15, 0.2) is 24.3 Å². The molecule has 2 fully saturated rings. The van der Waals surface area contributed by atoms with Crippen molar-refractivity contribution in [1.82, 2.24) is 20.0 Å². The molecule has 2 aliphatic rings. The van der Waals surface area contributed by atoms with Crippen molar-refractivity contribution in [1.29, 1.82) is 0 Å². The molecule has 1 unspecified atom stereocenters. The highest BCUT2D eigenvalue weighted by Gasteiger charge is 2.34. The Balaban J connectivity index is 1.61. The van der Waals surface area contributed by atoms with Crippen LogP contribution in [0.25, 0.3) is 0 Å². The standard InChI is InChI=1S/C21H30N4O5/c1-3-30-21(28)24-12-10-23(11-13-24)19(26)14-17-20(27)22-8-9-25(17)15-16-6-4-5-7-18(16)29-2/h4-7,17H,3,8-15H2,1-2H3,(H,22,27). The predicted molar refractivity (Wildman–Crippen MR) is 110 cm³/mol. The van der Waals surface area contributed by atoms with Crippen molar-refractivity contribution in [3.8, 4) is 5.75 Å². The van der Waals surface area contributed by atoms with E-state index in [2.05, 4.69) is 5.32 Å². The van der Waals surface area contributed by atoms with E-state index >= 15 is 0 Å². The van der Waals surface area contributed by atoms with E-state index in [0.717, 1.165) is 11.3 Å². The maximum absolute atomic E-state index is 12.9. The van der Waals surface area contributed by atoms with Crippen molar-refractivity contribution in [2.75, 3.05) is 53.0 Å². The summed E-state index contributed by atoms with van der Waals surface area (Å²) < 4.78 is 10.4. The third kappa shape index (κ3) is 5.21. The van der Waals surface area contributed by atoms with Crippen LogP contribution in [0.5, 0.6) is 5.75 Å². The first-order valence-corrected chi connectivity index (χ1v) is 10.4. The van der Waals surface area contributed by atoms with Gasteiger partial charge in [0.25, 0.3) is 0 Å². The fourth-order valence-electron chi connectivity index (χ4n) is 3.87. The van der Waals surface area contributed by atoms with Crippen LogP contribution in [-0.2, 0) is 20.9 Å². The zero-order valence-electron chi connectivity index (χ0n) is 17.6. The Hall–Kier alpha value is -2.81. The van der Waals surface area contributed by atoms with Gasteiger partial charge in [-0.05, 0) is 13.0 Å². The lowest BCUT2D eigenvalue weighted by Gasteiger charge is -2.38. The van der Waals surface area contributed by atoms with E-state index in [1.807, 2.05) is 29.2 Å². The van der Waals surface area contributed by atoms with Gasteiger partial charge in [-0.1, -0.05) is 18.2 Å². The van der Waals surface area contributed by atoms with E-state index in [4.69, 9.17) is 9.47 Å². The van der Waals surface area contributed by atoms with Crippen molar-refractivity contribution in [2.45, 2.75) is 25.9 Å². The number of nitrogens with zero attached hydrogens (tertiary/aromatic N) is 3. The van der Waals surface area contributed by atoms with E-state index in [0.29, 0.717) is 52.4 Å². The molecule has 0 saturated carbocycles. The minimum atomic E-state index is -0.528. The molecule has 0 aliphatic carbocycles. The third-order valence-electron chi connectivity index (χ3n) is 5.53. The van der Waals surface area contributed by atoms with Crippen LogP contribution in [0.4, 0.5) is 4.79 Å². The number of methoxy groups -OCH3 is 1. The second kappa shape index (κ2) is 10.3. The number of carbonyl (C=O) groups is 3. The average Bonchev–Trinajstić information content (AvgIpc) is 2.76. The van der Waals surface area contributed by atoms with Gasteiger partial charge in [0.05, 0.1) is 26.2 Å². The normalized spacial score (nSPS) is 19.9. The zero-order valence-corrected chi connectivity index (χ0v) is 17.6. The number of amides is 3. The smallest absolute Gasteiger partial charge is 0.409 e. The molecule has 1 N–H and O–H groups in total. The van der Waals surface area contributed by atoms with Gasteiger partial charge in [0.1, 0.15) is 5.75 Å². The number of hydrogen-bond acceptors (Lipinski definition) is 6. The van der Waals surface area contributed by atoms with Crippen LogP contribution >= 0.6 is 0 Å². The Labute approximate surface area is 176 Å². The van der Waals surface area contributed by atoms with Gasteiger partial charge in [0.2, 0.25) is 11.8 Å². The summed E-state index contributed by atoms with van der Waals surface area (Å²) in [5, 5.41) is 2.87. The topological polar surface area (TPSA) is 91.4 Å². The minimum Gasteiger partial charge on any atom is -0.496 e. The second-order valence-electron chi connectivity index (χ2n) is 7.36. The number of hydrogen-bond donors (Lipinski definition) is 1. The van der Waals surface area contributed by atoms with Crippen LogP contribution in [0.3, 0.4) is 0 Å². The third-order valence-corrected chi connectivity index (χ3v) is 5.53. The SMILES string of the molecule is CCOC(=O)N1CCN(C(=O)CC2C(=O)NCCN2Cc2ccccc2OC)CC1. The Bertz CT molecular complexity index is 764. The first-order chi connectivity index (χ1) is 14.5. The summed E-state index contributed by atoms with van der Waals surface area (Å²) >= 11 is 0. The summed E-state index contributed by atoms with van der Waals surface area (Å²) in [6.07, 6.45) is -0.236. The summed E-state index contributed by atoms with van der Waals surface area (Å²) in [6, 6.07) is 7.17. The lowest BCUT2D eigenvalue weighted by molar-refractivity contribution is -0.140. The predicted octanol–water partition coefficient (Wildman–Crippen LogP) is 0.686. The number of carbonyl (C=O) groups excluding carboxylic acids is 3. The lowest BCUT2D eigenvalue weighted by atomic mass is 10.1. The van der Waals surface area contributed by atoms with Gasteiger partial charge in [-0.2, -0.15) is 0 Å². The van der Waals surface area contributed by atoms with E-state index in [-0.39, 0.29) is 24.3 Å². The van der Waals surface area contributed by atoms with Crippen LogP contribution in [0.1, 0.15) is 18.9 Å². The van der Waals surface area contributed by atoms with Gasteiger partial charge in [0.15, 0.2) is 0 Å². The summed E-state index contributed by atoms with van der Waals surface area (Å²) in [6.45, 7) is 5.61. The molecule has 9 nitrogen and oxygen atoms in total. The number of rotatable bonds is 6. The van der Waals surface area contributed by atoms with E-state index in [1.165, 1.54) is 0 Å². The molecule has 2 aliphatic heterocycles. The largest absolute Gasteiger partial charge is 0.496 e. The molecule has 0 aromatic heterocycles. The van der Waals surface area contributed by atoms with Gasteiger partial charge in [-0.3, -0.25) is 14.5 Å². The Morgan fingerprint density at radius 1 is 1.10 bits per heavy atom. The Kier molecular flexibility index (Phi) is 7.51. The van der Waals surface area contributed by atoms with E-state index in [1.54, 1.807) is 23.8 Å². The van der Waals surface area contributed by atoms with Gasteiger partial charge in [0, 0.05) is 51.4 Å². The molecule has 9 heteroatoms. The molecular weight excluding hydrogens is 388 g/mol. The molecule has 1 aromatic rings. The molecule has 2 heterocycles. The first-order valence-electron chi connectivity index (χ1n) is 10.4. The van der Waals surface area contributed by atoms with Crippen molar-refractivity contribution in [3.63, 3.8) is 0 Å². The van der Waals surface area contributed by atoms with Gasteiger partial charge >= 0.3 is 6.09 Å². The number of ether oxygens (including phenoxy) is 2. The van der Waals surface area contributed by atoms with Crippen molar-refractivity contribution < 1.29 is 23.9 Å². The first kappa shape index (κ1) is 21.9. The van der Waals surface area contributed by atoms with E-state index in [9.17, 15) is 14.4 Å². The molecule has 3 amide bonds. The summed E-state index contributed by atoms with van der Waals surface area (Å²) in [5.74, 6) is 0.559. The fourth-order valence-corrected chi connectivity index (χ4v) is 3.87. The van der Waals surface area contributed by atoms with Crippen LogP contribution < -0.4 is 10.1 Å². The highest BCUT2D eigenvalue weighted by molar-refractivity contribution is 5.89. The van der Waals surface area contributed by atoms with Gasteiger partial charge in [-0.15, -0.1) is 0 Å². The highest BCUT2D eigenvalue weighted by Crippen LogP contribution is 2.22. The maximum Gasteiger partial charge on any atom is 0.409 e. The quantitative estimate of drug-likeness (QED) is 0.731. The highest BCUT2D eigenvalue weighted by atomic mass is 16.6. The van der Waals surface area contributed by atoms with Crippen molar-refractivity contribution in [2.24, 2.45) is 0 Å². The number of benzene rings is 1. The van der Waals surface area contributed by atoms with Crippen LogP contribution in [-0.4, -0.2) is 91.6 Å². The molecule has 2 saturated heterocycles. The minimum absolute atomic E-state index is 0.0782. The summed E-state index contributed by atoms with van der Waals surface area (Å²) in [7, 11) is 1.62. The van der Waals surface area contributed by atoms with Crippen LogP contribution in [0.2, 0.25) is 0 Å². The van der Waals surface area contributed by atoms with E-state index < -0.39 is 6.04 Å². The zero-order chi connectivity index (χ0) is 21.5. The molecule has 3 rings (SSSR count). The summed E-state index contributed by atoms with van der Waals surface area (Å²) in [5.41, 5.74) is 0.982. The maximum atomic E-state index is 12.9. The molecule has 164 valence electrons. The number of para-hydroxylation sites is 1. The second-order valence-corrected chi connectivity index (χ2v) is 7.36. The molecule has 30 heavy (non-hydrogen) atoms. The molecule has 0 radical (unpaired) electrons. The number of nitrogens with one attached hydrogen (secondary N) is 1. The molecule has 0 bridgehead atoms. The van der Waals surface area contributed by atoms with Crippen molar-refractivity contribution in [3.05, 3.63) is 29.8 Å². The Morgan fingerprint density at radius 2 is 1.80 bits per heavy atom. The molecule has 1 aromatic carbocycles. The molecule has 1 atom stereocenters. The monoisotopic (exact) mass is 418 g/mol. The average molecular weight is 418 g/mol. The molecule has 0 spiro atoms. The fraction of sp³-hybridized carbons (Fsp3) is 0.571. The van der Waals surface area contributed by atoms with Gasteiger partial charge < -0.3 is 24.6 Å². The Morgan fingerprint density at radius 3 is 2.50 bits per heavy atom. The number of piperazine rings is 2. The van der Waals surface area contributed by atoms with Gasteiger partial charge in [-0.25, -0.2) is 4.79 Å². The van der Waals surface area contributed by atoms with Crippen molar-refractivity contribution >= 4 is 17.9 Å².